The summed E-state index contributed by atoms with van der Waals surface area (Å²) in [6, 6.07) is 23.1. The highest BCUT2D eigenvalue weighted by molar-refractivity contribution is 5.83. The van der Waals surface area contributed by atoms with Crippen molar-refractivity contribution in [2.75, 3.05) is 0 Å². The van der Waals surface area contributed by atoms with Gasteiger partial charge in [-0.25, -0.2) is 4.98 Å². The lowest BCUT2D eigenvalue weighted by molar-refractivity contribution is 0.744. The van der Waals surface area contributed by atoms with Crippen molar-refractivity contribution in [3.63, 3.8) is 0 Å². The molecule has 3 aromatic carbocycles. The highest BCUT2D eigenvalue weighted by atomic mass is 15.5. The van der Waals surface area contributed by atoms with E-state index in [2.05, 4.69) is 81.5 Å². The fourth-order valence-corrected chi connectivity index (χ4v) is 4.14. The molecule has 0 spiro atoms. The van der Waals surface area contributed by atoms with Crippen molar-refractivity contribution in [2.45, 2.75) is 33.1 Å². The van der Waals surface area contributed by atoms with E-state index in [1.165, 1.54) is 5.56 Å². The van der Waals surface area contributed by atoms with Crippen LogP contribution in [0, 0.1) is 6.92 Å². The fraction of sp³-hybridized carbons (Fsp3) is 0.200. The van der Waals surface area contributed by atoms with Gasteiger partial charge in [-0.15, -0.1) is 10.2 Å². The van der Waals surface area contributed by atoms with Crippen molar-refractivity contribution in [1.82, 2.24) is 30.2 Å². The van der Waals surface area contributed by atoms with Gasteiger partial charge in [-0.3, -0.25) is 4.57 Å². The van der Waals surface area contributed by atoms with Crippen LogP contribution in [-0.4, -0.2) is 30.2 Å². The second-order valence-electron chi connectivity index (χ2n) is 7.74. The molecule has 0 saturated heterocycles. The SMILES string of the molecule is CCCCc1nc2ccccc2n1-c1ccc(-c2ccccc2-c2nn[nH]n2)c(C)c1. The zero-order valence-corrected chi connectivity index (χ0v) is 17.7. The number of para-hydroxylation sites is 2. The van der Waals surface area contributed by atoms with Crippen LogP contribution in [0.25, 0.3) is 39.2 Å². The Balaban J connectivity index is 1.63. The molecule has 0 fully saturated rings. The lowest BCUT2D eigenvalue weighted by Crippen LogP contribution is -2.02. The molecule has 0 aliphatic rings. The molecule has 6 heteroatoms. The molecule has 0 aliphatic carbocycles. The van der Waals surface area contributed by atoms with Gasteiger partial charge < -0.3 is 0 Å². The topological polar surface area (TPSA) is 72.3 Å². The first-order valence-electron chi connectivity index (χ1n) is 10.7. The molecule has 6 nitrogen and oxygen atoms in total. The van der Waals surface area contributed by atoms with Crippen molar-refractivity contribution in [1.29, 1.82) is 0 Å². The third-order valence-corrected chi connectivity index (χ3v) is 5.66. The number of aromatic nitrogens is 6. The van der Waals surface area contributed by atoms with E-state index >= 15 is 0 Å². The van der Waals surface area contributed by atoms with Crippen LogP contribution in [-0.2, 0) is 6.42 Å². The molecule has 0 aliphatic heterocycles. The van der Waals surface area contributed by atoms with Crippen LogP contribution in [0.1, 0.15) is 31.2 Å². The number of imidazole rings is 1. The zero-order valence-electron chi connectivity index (χ0n) is 17.7. The molecule has 5 rings (SSSR count). The summed E-state index contributed by atoms with van der Waals surface area (Å²) in [5, 5.41) is 14.6. The Hall–Kier alpha value is -3.80. The molecule has 2 heterocycles. The summed E-state index contributed by atoms with van der Waals surface area (Å²) in [7, 11) is 0. The summed E-state index contributed by atoms with van der Waals surface area (Å²) >= 11 is 0. The zero-order chi connectivity index (χ0) is 21.2. The van der Waals surface area contributed by atoms with Gasteiger partial charge in [0.2, 0.25) is 5.82 Å². The Morgan fingerprint density at radius 1 is 0.903 bits per heavy atom. The Labute approximate surface area is 181 Å². The number of aryl methyl sites for hydroxylation is 2. The van der Waals surface area contributed by atoms with Crippen LogP contribution >= 0.6 is 0 Å². The molecular formula is C25H24N6. The molecular weight excluding hydrogens is 384 g/mol. The minimum atomic E-state index is 0.599. The van der Waals surface area contributed by atoms with Gasteiger partial charge in [-0.2, -0.15) is 5.21 Å². The summed E-state index contributed by atoms with van der Waals surface area (Å²) in [4.78, 5) is 4.92. The minimum absolute atomic E-state index is 0.599. The average molecular weight is 409 g/mol. The third kappa shape index (κ3) is 3.50. The molecule has 0 unspecified atom stereocenters. The monoisotopic (exact) mass is 408 g/mol. The molecule has 0 amide bonds. The Bertz CT molecular complexity index is 1330. The maximum Gasteiger partial charge on any atom is 0.205 e. The molecule has 2 aromatic heterocycles. The smallest absolute Gasteiger partial charge is 0.205 e. The third-order valence-electron chi connectivity index (χ3n) is 5.66. The number of nitrogens with zero attached hydrogens (tertiary/aromatic N) is 5. The predicted octanol–water partition coefficient (Wildman–Crippen LogP) is 5.52. The molecule has 1 N–H and O–H groups in total. The van der Waals surface area contributed by atoms with Crippen molar-refractivity contribution in [2.24, 2.45) is 0 Å². The van der Waals surface area contributed by atoms with Crippen molar-refractivity contribution < 1.29 is 0 Å². The number of unbranched alkanes of at least 4 members (excludes halogenated alkanes) is 1. The van der Waals surface area contributed by atoms with E-state index in [-0.39, 0.29) is 0 Å². The van der Waals surface area contributed by atoms with Gasteiger partial charge in [-0.05, 0) is 59.5 Å². The second kappa shape index (κ2) is 8.14. The van der Waals surface area contributed by atoms with Crippen LogP contribution in [0.3, 0.4) is 0 Å². The van der Waals surface area contributed by atoms with Gasteiger partial charge in [0.05, 0.1) is 11.0 Å². The Kier molecular flexibility index (Phi) is 5.04. The molecule has 0 radical (unpaired) electrons. The highest BCUT2D eigenvalue weighted by Gasteiger charge is 2.15. The Morgan fingerprint density at radius 2 is 1.71 bits per heavy atom. The van der Waals surface area contributed by atoms with Gasteiger partial charge in [0.1, 0.15) is 5.82 Å². The van der Waals surface area contributed by atoms with E-state index in [0.717, 1.165) is 58.5 Å². The first-order chi connectivity index (χ1) is 15.3. The van der Waals surface area contributed by atoms with Crippen LogP contribution in [0.4, 0.5) is 0 Å². The molecule has 0 bridgehead atoms. The lowest BCUT2D eigenvalue weighted by atomic mass is 9.95. The molecule has 31 heavy (non-hydrogen) atoms. The van der Waals surface area contributed by atoms with Gasteiger partial charge in [-0.1, -0.05) is 55.8 Å². The minimum Gasteiger partial charge on any atom is -0.296 e. The number of rotatable bonds is 6. The summed E-state index contributed by atoms with van der Waals surface area (Å²) in [5.41, 5.74) is 7.72. The predicted molar refractivity (Wildman–Crippen MR) is 123 cm³/mol. The van der Waals surface area contributed by atoms with E-state index in [1.807, 2.05) is 24.3 Å². The van der Waals surface area contributed by atoms with Gasteiger partial charge >= 0.3 is 0 Å². The number of aromatic amines is 1. The summed E-state index contributed by atoms with van der Waals surface area (Å²) < 4.78 is 2.30. The van der Waals surface area contributed by atoms with E-state index in [0.29, 0.717) is 5.82 Å². The van der Waals surface area contributed by atoms with E-state index in [1.54, 1.807) is 0 Å². The Morgan fingerprint density at radius 3 is 2.48 bits per heavy atom. The summed E-state index contributed by atoms with van der Waals surface area (Å²) in [5.74, 6) is 1.71. The fourth-order valence-electron chi connectivity index (χ4n) is 4.14. The summed E-state index contributed by atoms with van der Waals surface area (Å²) in [6.07, 6.45) is 3.24. The first kappa shape index (κ1) is 19.2. The van der Waals surface area contributed by atoms with E-state index in [4.69, 9.17) is 4.98 Å². The van der Waals surface area contributed by atoms with E-state index in [9.17, 15) is 0 Å². The van der Waals surface area contributed by atoms with Gasteiger partial charge in [0.15, 0.2) is 0 Å². The molecule has 0 saturated carbocycles. The maximum absolute atomic E-state index is 4.92. The van der Waals surface area contributed by atoms with Crippen LogP contribution < -0.4 is 0 Å². The maximum atomic E-state index is 4.92. The number of tetrazole rings is 1. The summed E-state index contributed by atoms with van der Waals surface area (Å²) in [6.45, 7) is 4.36. The number of hydrogen-bond donors (Lipinski definition) is 1. The number of nitrogens with one attached hydrogen (secondary N) is 1. The van der Waals surface area contributed by atoms with Crippen LogP contribution in [0.2, 0.25) is 0 Å². The standard InChI is InChI=1S/C25H24N6/c1-3-4-13-24-26-22-11-7-8-12-23(22)31(24)18-14-15-19(17(2)16-18)20-9-5-6-10-21(20)25-27-29-30-28-25/h5-12,14-16H,3-4,13H2,1-2H3,(H,27,28,29,30). The van der Waals surface area contributed by atoms with Gasteiger partial charge in [0, 0.05) is 17.7 Å². The molecule has 154 valence electrons. The highest BCUT2D eigenvalue weighted by Crippen LogP contribution is 2.33. The number of H-pyrrole nitrogens is 1. The van der Waals surface area contributed by atoms with Crippen LogP contribution in [0.5, 0.6) is 0 Å². The van der Waals surface area contributed by atoms with Gasteiger partial charge in [0.25, 0.3) is 0 Å². The first-order valence-corrected chi connectivity index (χ1v) is 10.7. The lowest BCUT2D eigenvalue weighted by Gasteiger charge is -2.14. The second-order valence-corrected chi connectivity index (χ2v) is 7.74. The normalized spacial score (nSPS) is 11.3. The number of benzene rings is 3. The van der Waals surface area contributed by atoms with Crippen molar-refractivity contribution in [3.8, 4) is 28.2 Å². The quantitative estimate of drug-likeness (QED) is 0.401. The number of fused-ring (bicyclic) bond motifs is 1. The van der Waals surface area contributed by atoms with Crippen molar-refractivity contribution in [3.05, 3.63) is 78.1 Å². The molecule has 5 aromatic rings. The van der Waals surface area contributed by atoms with E-state index < -0.39 is 0 Å². The number of hydrogen-bond acceptors (Lipinski definition) is 4. The molecule has 0 atom stereocenters. The largest absolute Gasteiger partial charge is 0.296 e. The average Bonchev–Trinajstić information content (AvgIpc) is 3.45. The van der Waals surface area contributed by atoms with Crippen LogP contribution in [0.15, 0.2) is 66.7 Å². The van der Waals surface area contributed by atoms with Crippen molar-refractivity contribution >= 4 is 11.0 Å².